The number of thiophene rings is 1. The minimum atomic E-state index is 0.151. The van der Waals surface area contributed by atoms with E-state index in [9.17, 15) is 0 Å². The first-order valence-electron chi connectivity index (χ1n) is 6.00. The lowest BCUT2D eigenvalue weighted by Crippen LogP contribution is -2.10. The summed E-state index contributed by atoms with van der Waals surface area (Å²) >= 11 is 1.60. The summed E-state index contributed by atoms with van der Waals surface area (Å²) in [5.41, 5.74) is 15.5. The van der Waals surface area contributed by atoms with Gasteiger partial charge in [-0.2, -0.15) is 0 Å². The molecule has 4 N–H and O–H groups in total. The lowest BCUT2D eigenvalue weighted by atomic mass is 10.1. The fourth-order valence-corrected chi connectivity index (χ4v) is 2.94. The average molecular weight is 257 g/mol. The molecule has 1 aromatic carbocycles. The Kier molecular flexibility index (Phi) is 2.89. The second kappa shape index (κ2) is 4.55. The number of nitrogens with zero attached hydrogens (tertiary/aromatic N) is 1. The summed E-state index contributed by atoms with van der Waals surface area (Å²) in [4.78, 5) is 5.46. The van der Waals surface area contributed by atoms with Gasteiger partial charge in [-0.25, -0.2) is 4.99 Å². The van der Waals surface area contributed by atoms with Gasteiger partial charge in [-0.3, -0.25) is 0 Å². The first kappa shape index (κ1) is 11.4. The molecule has 1 unspecified atom stereocenters. The zero-order chi connectivity index (χ0) is 12.5. The summed E-state index contributed by atoms with van der Waals surface area (Å²) in [7, 11) is 0. The molecule has 0 spiro atoms. The molecular weight excluding hydrogens is 242 g/mol. The highest BCUT2D eigenvalue weighted by atomic mass is 32.1. The molecule has 1 aliphatic rings. The molecule has 0 saturated carbocycles. The summed E-state index contributed by atoms with van der Waals surface area (Å²) in [6, 6.07) is 10.3. The zero-order valence-corrected chi connectivity index (χ0v) is 10.8. The van der Waals surface area contributed by atoms with E-state index in [4.69, 9.17) is 11.5 Å². The average Bonchev–Trinajstić information content (AvgIpc) is 3.00. The van der Waals surface area contributed by atoms with Crippen molar-refractivity contribution in [3.8, 4) is 0 Å². The summed E-state index contributed by atoms with van der Waals surface area (Å²) in [6.07, 6.45) is 2.10. The predicted octanol–water partition coefficient (Wildman–Crippen LogP) is 2.73. The van der Waals surface area contributed by atoms with Gasteiger partial charge in [0.1, 0.15) is 5.84 Å². The number of aliphatic imine (C=N–C) groups is 1. The molecule has 0 bridgehead atoms. The highest BCUT2D eigenvalue weighted by Crippen LogP contribution is 2.32. The summed E-state index contributed by atoms with van der Waals surface area (Å²) in [5.74, 6) is 0.566. The molecule has 3 rings (SSSR count). The van der Waals surface area contributed by atoms with Crippen molar-refractivity contribution in [2.45, 2.75) is 18.9 Å². The van der Waals surface area contributed by atoms with Crippen molar-refractivity contribution in [2.75, 3.05) is 0 Å². The fourth-order valence-electron chi connectivity index (χ4n) is 2.31. The second-order valence-electron chi connectivity index (χ2n) is 4.50. The molecule has 0 saturated heterocycles. The molecule has 1 aliphatic carbocycles. The number of amidine groups is 1. The van der Waals surface area contributed by atoms with Crippen molar-refractivity contribution >= 4 is 22.9 Å². The summed E-state index contributed by atoms with van der Waals surface area (Å²) in [6.45, 7) is 0. The third-order valence-electron chi connectivity index (χ3n) is 3.28. The van der Waals surface area contributed by atoms with Crippen molar-refractivity contribution in [2.24, 2.45) is 16.5 Å². The van der Waals surface area contributed by atoms with E-state index in [1.807, 2.05) is 23.6 Å². The Balaban J connectivity index is 1.94. The van der Waals surface area contributed by atoms with Crippen LogP contribution in [0.5, 0.6) is 0 Å². The van der Waals surface area contributed by atoms with E-state index in [0.717, 1.165) is 23.4 Å². The van der Waals surface area contributed by atoms with Crippen LogP contribution < -0.4 is 11.5 Å². The molecule has 0 fully saturated rings. The second-order valence-corrected chi connectivity index (χ2v) is 5.45. The highest BCUT2D eigenvalue weighted by molar-refractivity contribution is 7.12. The topological polar surface area (TPSA) is 64.4 Å². The van der Waals surface area contributed by atoms with Crippen LogP contribution in [0.1, 0.15) is 28.5 Å². The number of aryl methyl sites for hydroxylation is 1. The SMILES string of the molecule is NC(=Nc1ccc2c(c1)C(N)CC2)c1cccs1. The Labute approximate surface area is 110 Å². The maximum Gasteiger partial charge on any atom is 0.141 e. The lowest BCUT2D eigenvalue weighted by Gasteiger charge is -2.06. The first-order chi connectivity index (χ1) is 8.74. The van der Waals surface area contributed by atoms with Gasteiger partial charge in [-0.1, -0.05) is 12.1 Å². The fraction of sp³-hybridized carbons (Fsp3) is 0.214. The molecule has 18 heavy (non-hydrogen) atoms. The van der Waals surface area contributed by atoms with Crippen molar-refractivity contribution in [1.82, 2.24) is 0 Å². The van der Waals surface area contributed by atoms with Crippen LogP contribution in [0.15, 0.2) is 40.7 Å². The van der Waals surface area contributed by atoms with Gasteiger partial charge in [0.2, 0.25) is 0 Å². The minimum absolute atomic E-state index is 0.151. The van der Waals surface area contributed by atoms with E-state index in [-0.39, 0.29) is 6.04 Å². The molecule has 92 valence electrons. The van der Waals surface area contributed by atoms with Crippen LogP contribution >= 0.6 is 11.3 Å². The minimum Gasteiger partial charge on any atom is -0.383 e. The van der Waals surface area contributed by atoms with Crippen LogP contribution in [0.2, 0.25) is 0 Å². The normalized spacial score (nSPS) is 18.9. The van der Waals surface area contributed by atoms with Crippen LogP contribution in [0.3, 0.4) is 0 Å². The van der Waals surface area contributed by atoms with Gasteiger partial charge < -0.3 is 11.5 Å². The molecule has 2 aromatic rings. The number of hydrogen-bond donors (Lipinski definition) is 2. The predicted molar refractivity (Wildman–Crippen MR) is 76.4 cm³/mol. The van der Waals surface area contributed by atoms with Crippen LogP contribution in [-0.4, -0.2) is 5.84 Å². The molecule has 0 radical (unpaired) electrons. The van der Waals surface area contributed by atoms with E-state index in [1.54, 1.807) is 11.3 Å². The molecule has 1 heterocycles. The van der Waals surface area contributed by atoms with Gasteiger partial charge in [0, 0.05) is 6.04 Å². The summed E-state index contributed by atoms with van der Waals surface area (Å²) in [5, 5.41) is 2.00. The van der Waals surface area contributed by atoms with E-state index < -0.39 is 0 Å². The van der Waals surface area contributed by atoms with Gasteiger partial charge in [0.25, 0.3) is 0 Å². The van der Waals surface area contributed by atoms with Crippen LogP contribution in [0.4, 0.5) is 5.69 Å². The Morgan fingerprint density at radius 1 is 1.33 bits per heavy atom. The van der Waals surface area contributed by atoms with Crippen molar-refractivity contribution in [1.29, 1.82) is 0 Å². The third kappa shape index (κ3) is 2.05. The summed E-state index contributed by atoms with van der Waals surface area (Å²) < 4.78 is 0. The van der Waals surface area contributed by atoms with Gasteiger partial charge in [0.15, 0.2) is 0 Å². The maximum atomic E-state index is 6.06. The van der Waals surface area contributed by atoms with Crippen molar-refractivity contribution < 1.29 is 0 Å². The Morgan fingerprint density at radius 2 is 2.22 bits per heavy atom. The zero-order valence-electron chi connectivity index (χ0n) is 9.97. The van der Waals surface area contributed by atoms with Gasteiger partial charge >= 0.3 is 0 Å². The lowest BCUT2D eigenvalue weighted by molar-refractivity contribution is 0.713. The Hall–Kier alpha value is -1.65. The molecule has 0 aliphatic heterocycles. The van der Waals surface area contributed by atoms with E-state index in [1.165, 1.54) is 11.1 Å². The maximum absolute atomic E-state index is 6.06. The van der Waals surface area contributed by atoms with Gasteiger partial charge in [-0.15, -0.1) is 11.3 Å². The van der Waals surface area contributed by atoms with E-state index in [0.29, 0.717) is 5.84 Å². The monoisotopic (exact) mass is 257 g/mol. The van der Waals surface area contributed by atoms with Crippen LogP contribution in [-0.2, 0) is 6.42 Å². The Bertz CT molecular complexity index is 587. The van der Waals surface area contributed by atoms with Gasteiger partial charge in [-0.05, 0) is 47.5 Å². The number of nitrogens with two attached hydrogens (primary N) is 2. The number of hydrogen-bond acceptors (Lipinski definition) is 3. The van der Waals surface area contributed by atoms with E-state index >= 15 is 0 Å². The molecule has 1 atom stereocenters. The molecule has 0 amide bonds. The highest BCUT2D eigenvalue weighted by Gasteiger charge is 2.18. The molecule has 3 nitrogen and oxygen atoms in total. The third-order valence-corrected chi connectivity index (χ3v) is 4.17. The number of fused-ring (bicyclic) bond motifs is 1. The Morgan fingerprint density at radius 3 is 3.00 bits per heavy atom. The van der Waals surface area contributed by atoms with Gasteiger partial charge in [0.05, 0.1) is 10.6 Å². The largest absolute Gasteiger partial charge is 0.383 e. The number of rotatable bonds is 2. The molecular formula is C14H15N3S. The van der Waals surface area contributed by atoms with Crippen molar-refractivity contribution in [3.63, 3.8) is 0 Å². The first-order valence-corrected chi connectivity index (χ1v) is 6.88. The molecule has 4 heteroatoms. The standard InChI is InChI=1S/C14H15N3S/c15-12-6-4-9-3-5-10(8-11(9)12)17-14(16)13-2-1-7-18-13/h1-3,5,7-8,12H,4,6,15H2,(H2,16,17). The van der Waals surface area contributed by atoms with Crippen LogP contribution in [0.25, 0.3) is 0 Å². The number of benzene rings is 1. The smallest absolute Gasteiger partial charge is 0.141 e. The van der Waals surface area contributed by atoms with E-state index in [2.05, 4.69) is 17.1 Å². The van der Waals surface area contributed by atoms with Crippen LogP contribution in [0, 0.1) is 0 Å². The van der Waals surface area contributed by atoms with Crippen molar-refractivity contribution in [3.05, 3.63) is 51.7 Å². The quantitative estimate of drug-likeness (QED) is 0.642. The molecule has 1 aromatic heterocycles.